The Labute approximate surface area is 119 Å². The quantitative estimate of drug-likeness (QED) is 0.927. The van der Waals surface area contributed by atoms with Crippen LogP contribution in [0.15, 0.2) is 28.1 Å². The van der Waals surface area contributed by atoms with Crippen molar-refractivity contribution >= 4 is 27.3 Å². The van der Waals surface area contributed by atoms with Crippen LogP contribution in [0.3, 0.4) is 0 Å². The fourth-order valence-corrected chi connectivity index (χ4v) is 2.54. The Bertz CT molecular complexity index is 540. The highest BCUT2D eigenvalue weighted by atomic mass is 79.9. The van der Waals surface area contributed by atoms with Crippen molar-refractivity contribution in [3.63, 3.8) is 0 Å². The Hall–Kier alpha value is -0.910. The third kappa shape index (κ3) is 3.31. The van der Waals surface area contributed by atoms with Gasteiger partial charge in [-0.2, -0.15) is 0 Å². The maximum Gasteiger partial charge on any atom is 0.131 e. The van der Waals surface area contributed by atoms with E-state index in [-0.39, 0.29) is 0 Å². The van der Waals surface area contributed by atoms with Crippen LogP contribution in [-0.2, 0) is 6.61 Å². The molecule has 0 aliphatic rings. The van der Waals surface area contributed by atoms with Gasteiger partial charge in [0.1, 0.15) is 12.4 Å². The lowest BCUT2D eigenvalue weighted by Gasteiger charge is -2.13. The largest absolute Gasteiger partial charge is 0.487 e. The Balaban J connectivity index is 2.15. The first kappa shape index (κ1) is 13.5. The molecule has 1 N–H and O–H groups in total. The molecule has 0 fully saturated rings. The SMILES string of the molecule is Cc1nc(COc2cc(Br)ccc2C(C)O)cs1. The predicted molar refractivity (Wildman–Crippen MR) is 76.0 cm³/mol. The molecule has 0 spiro atoms. The minimum atomic E-state index is -0.551. The van der Waals surface area contributed by atoms with Crippen molar-refractivity contribution < 1.29 is 9.84 Å². The fourth-order valence-electron chi connectivity index (χ4n) is 1.60. The van der Waals surface area contributed by atoms with Crippen LogP contribution in [-0.4, -0.2) is 10.1 Å². The minimum Gasteiger partial charge on any atom is -0.487 e. The summed E-state index contributed by atoms with van der Waals surface area (Å²) in [7, 11) is 0. The summed E-state index contributed by atoms with van der Waals surface area (Å²) in [6.45, 7) is 4.11. The lowest BCUT2D eigenvalue weighted by atomic mass is 10.1. The van der Waals surface area contributed by atoms with E-state index in [4.69, 9.17) is 4.74 Å². The zero-order valence-corrected chi connectivity index (χ0v) is 12.6. The van der Waals surface area contributed by atoms with Crippen molar-refractivity contribution in [3.05, 3.63) is 44.3 Å². The second kappa shape index (κ2) is 5.82. The molecule has 0 aliphatic carbocycles. The van der Waals surface area contributed by atoms with E-state index in [1.54, 1.807) is 18.3 Å². The third-order valence-electron chi connectivity index (χ3n) is 2.47. The molecule has 1 atom stereocenters. The fraction of sp³-hybridized carbons (Fsp3) is 0.308. The molecule has 1 aromatic carbocycles. The number of benzene rings is 1. The van der Waals surface area contributed by atoms with E-state index in [2.05, 4.69) is 20.9 Å². The summed E-state index contributed by atoms with van der Waals surface area (Å²) < 4.78 is 6.66. The Kier molecular flexibility index (Phi) is 4.37. The highest BCUT2D eigenvalue weighted by molar-refractivity contribution is 9.10. The molecule has 0 saturated carbocycles. The van der Waals surface area contributed by atoms with Gasteiger partial charge in [-0.25, -0.2) is 4.98 Å². The normalized spacial score (nSPS) is 12.4. The monoisotopic (exact) mass is 327 g/mol. The van der Waals surface area contributed by atoms with Crippen molar-refractivity contribution in [2.24, 2.45) is 0 Å². The van der Waals surface area contributed by atoms with Crippen LogP contribution >= 0.6 is 27.3 Å². The number of aliphatic hydroxyl groups excluding tert-OH is 1. The van der Waals surface area contributed by atoms with Gasteiger partial charge in [0.15, 0.2) is 0 Å². The summed E-state index contributed by atoms with van der Waals surface area (Å²) in [6.07, 6.45) is -0.551. The summed E-state index contributed by atoms with van der Waals surface area (Å²) in [6, 6.07) is 5.61. The lowest BCUT2D eigenvalue weighted by Crippen LogP contribution is -2.01. The first-order valence-corrected chi connectivity index (χ1v) is 7.25. The molecule has 0 radical (unpaired) electrons. The van der Waals surface area contributed by atoms with Crippen LogP contribution < -0.4 is 4.74 Å². The second-order valence-electron chi connectivity index (χ2n) is 4.00. The summed E-state index contributed by atoms with van der Waals surface area (Å²) in [5.41, 5.74) is 1.69. The molecular weight excluding hydrogens is 314 g/mol. The Morgan fingerprint density at radius 1 is 1.50 bits per heavy atom. The van der Waals surface area contributed by atoms with Gasteiger partial charge in [-0.05, 0) is 26.0 Å². The Morgan fingerprint density at radius 2 is 2.28 bits per heavy atom. The van der Waals surface area contributed by atoms with Gasteiger partial charge in [0.25, 0.3) is 0 Å². The molecule has 0 aliphatic heterocycles. The van der Waals surface area contributed by atoms with Crippen LogP contribution in [0.25, 0.3) is 0 Å². The van der Waals surface area contributed by atoms with Crippen molar-refractivity contribution in [1.29, 1.82) is 0 Å². The average molecular weight is 328 g/mol. The molecule has 1 heterocycles. The second-order valence-corrected chi connectivity index (χ2v) is 5.98. The molecule has 3 nitrogen and oxygen atoms in total. The van der Waals surface area contributed by atoms with E-state index in [0.717, 1.165) is 20.7 Å². The van der Waals surface area contributed by atoms with E-state index >= 15 is 0 Å². The van der Waals surface area contributed by atoms with Crippen LogP contribution in [0.5, 0.6) is 5.75 Å². The average Bonchev–Trinajstić information content (AvgIpc) is 2.72. The third-order valence-corrected chi connectivity index (χ3v) is 3.78. The van der Waals surface area contributed by atoms with Crippen molar-refractivity contribution in [1.82, 2.24) is 4.98 Å². The van der Waals surface area contributed by atoms with Crippen molar-refractivity contribution in [2.75, 3.05) is 0 Å². The topological polar surface area (TPSA) is 42.4 Å². The van der Waals surface area contributed by atoms with Gasteiger partial charge in [-0.15, -0.1) is 11.3 Å². The highest BCUT2D eigenvalue weighted by Crippen LogP contribution is 2.29. The lowest BCUT2D eigenvalue weighted by molar-refractivity contribution is 0.190. The number of hydrogen-bond donors (Lipinski definition) is 1. The molecule has 1 aromatic heterocycles. The molecule has 18 heavy (non-hydrogen) atoms. The van der Waals surface area contributed by atoms with E-state index < -0.39 is 6.10 Å². The number of aliphatic hydroxyl groups is 1. The van der Waals surface area contributed by atoms with Gasteiger partial charge in [-0.3, -0.25) is 0 Å². The summed E-state index contributed by atoms with van der Waals surface area (Å²) in [5.74, 6) is 0.685. The van der Waals surface area contributed by atoms with Gasteiger partial charge in [0.2, 0.25) is 0 Å². The first-order valence-electron chi connectivity index (χ1n) is 5.57. The van der Waals surface area contributed by atoms with Crippen LogP contribution in [0, 0.1) is 6.92 Å². The number of halogens is 1. The number of ether oxygens (including phenoxy) is 1. The maximum absolute atomic E-state index is 9.69. The Morgan fingerprint density at radius 3 is 2.89 bits per heavy atom. The van der Waals surface area contributed by atoms with Gasteiger partial charge in [0, 0.05) is 15.4 Å². The maximum atomic E-state index is 9.69. The van der Waals surface area contributed by atoms with E-state index in [1.165, 1.54) is 0 Å². The number of nitrogens with zero attached hydrogens (tertiary/aromatic N) is 1. The van der Waals surface area contributed by atoms with E-state index in [1.807, 2.05) is 30.5 Å². The summed E-state index contributed by atoms with van der Waals surface area (Å²) in [4.78, 5) is 4.34. The zero-order chi connectivity index (χ0) is 13.1. The van der Waals surface area contributed by atoms with E-state index in [9.17, 15) is 5.11 Å². The van der Waals surface area contributed by atoms with Crippen LogP contribution in [0.2, 0.25) is 0 Å². The number of aromatic nitrogens is 1. The highest BCUT2D eigenvalue weighted by Gasteiger charge is 2.10. The van der Waals surface area contributed by atoms with Crippen molar-refractivity contribution in [2.45, 2.75) is 26.6 Å². The zero-order valence-electron chi connectivity index (χ0n) is 10.2. The number of thiazole rings is 1. The van der Waals surface area contributed by atoms with Gasteiger partial charge >= 0.3 is 0 Å². The number of rotatable bonds is 4. The van der Waals surface area contributed by atoms with E-state index in [0.29, 0.717) is 12.4 Å². The molecular formula is C13H14BrNO2S. The summed E-state index contributed by atoms with van der Waals surface area (Å²) >= 11 is 5.00. The molecule has 0 bridgehead atoms. The van der Waals surface area contributed by atoms with Gasteiger partial charge in [-0.1, -0.05) is 22.0 Å². The molecule has 0 amide bonds. The van der Waals surface area contributed by atoms with Gasteiger partial charge in [0.05, 0.1) is 16.8 Å². The smallest absolute Gasteiger partial charge is 0.131 e. The van der Waals surface area contributed by atoms with Crippen molar-refractivity contribution in [3.8, 4) is 5.75 Å². The molecule has 5 heteroatoms. The van der Waals surface area contributed by atoms with Gasteiger partial charge < -0.3 is 9.84 Å². The molecule has 96 valence electrons. The molecule has 2 rings (SSSR count). The number of hydrogen-bond acceptors (Lipinski definition) is 4. The predicted octanol–water partition coefficient (Wildman–Crippen LogP) is 3.85. The molecule has 1 unspecified atom stereocenters. The van der Waals surface area contributed by atoms with Crippen LogP contribution in [0.4, 0.5) is 0 Å². The molecule has 2 aromatic rings. The number of aryl methyl sites for hydroxylation is 1. The first-order chi connectivity index (χ1) is 8.56. The molecule has 0 saturated heterocycles. The standard InChI is InChI=1S/C13H14BrNO2S/c1-8(16)12-4-3-10(14)5-13(12)17-6-11-7-18-9(2)15-11/h3-5,7-8,16H,6H2,1-2H3. The minimum absolute atomic E-state index is 0.417. The summed E-state index contributed by atoms with van der Waals surface area (Å²) in [5, 5.41) is 12.7. The van der Waals surface area contributed by atoms with Crippen LogP contribution in [0.1, 0.15) is 29.3 Å².